The molecule has 0 aliphatic rings. The van der Waals surface area contributed by atoms with E-state index >= 15 is 0 Å². The molecule has 2 radical (unpaired) electrons. The average molecular weight is 227 g/mol. The van der Waals surface area contributed by atoms with Crippen LogP contribution in [0.15, 0.2) is 0 Å². The normalized spacial score (nSPS) is 13.1. The van der Waals surface area contributed by atoms with E-state index < -0.39 is 26.0 Å². The van der Waals surface area contributed by atoms with Gasteiger partial charge < -0.3 is 8.23 Å². The Labute approximate surface area is 78.3 Å². The summed E-state index contributed by atoms with van der Waals surface area (Å²) in [5.41, 5.74) is 0. The van der Waals surface area contributed by atoms with Crippen LogP contribution in [-0.2, 0) is 8.23 Å². The minimum absolute atomic E-state index is 0.716. The van der Waals surface area contributed by atoms with Gasteiger partial charge in [-0.15, -0.1) is 11.1 Å². The fourth-order valence-corrected chi connectivity index (χ4v) is 9.90. The van der Waals surface area contributed by atoms with Crippen LogP contribution < -0.4 is 0 Å². The van der Waals surface area contributed by atoms with E-state index in [1.54, 1.807) is 0 Å². The number of hydrogen-bond donors (Lipinski definition) is 0. The maximum Gasteiger partial charge on any atom is 0.419 e. The van der Waals surface area contributed by atoms with Crippen molar-refractivity contribution in [2.75, 3.05) is 0 Å². The quantitative estimate of drug-likeness (QED) is 0.541. The summed E-state index contributed by atoms with van der Waals surface area (Å²) in [6.07, 6.45) is 0. The number of halogens is 1. The van der Waals surface area contributed by atoms with E-state index in [-0.39, 0.29) is 0 Å². The summed E-state index contributed by atoms with van der Waals surface area (Å²) >= 11 is 6.07. The van der Waals surface area contributed by atoms with Crippen LogP contribution in [0, 0.1) is 0 Å². The van der Waals surface area contributed by atoms with Gasteiger partial charge in [-0.3, -0.25) is 0 Å². The van der Waals surface area contributed by atoms with E-state index in [9.17, 15) is 0 Å². The minimum atomic E-state index is -2.27. The molecule has 66 valence electrons. The van der Waals surface area contributed by atoms with Gasteiger partial charge in [-0.05, 0) is 32.7 Å². The number of rotatable bonds is 4. The number of hydrogen-bond acceptors (Lipinski definition) is 2. The Morgan fingerprint density at radius 3 is 1.45 bits per heavy atom. The van der Waals surface area contributed by atoms with E-state index in [0.29, 0.717) is 0 Å². The molecule has 0 aliphatic carbocycles. The third-order valence-corrected chi connectivity index (χ3v) is 8.34. The van der Waals surface area contributed by atoms with Crippen molar-refractivity contribution in [1.29, 1.82) is 0 Å². The Hall–Kier alpha value is 0.861. The van der Waals surface area contributed by atoms with Crippen LogP contribution in [0.1, 0.15) is 0 Å². The molecule has 11 heavy (non-hydrogen) atoms. The Morgan fingerprint density at radius 2 is 1.27 bits per heavy atom. The highest BCUT2D eigenvalue weighted by Crippen LogP contribution is 2.14. The molecule has 0 spiro atoms. The first-order valence-electron chi connectivity index (χ1n) is 3.51. The van der Waals surface area contributed by atoms with Gasteiger partial charge in [0.2, 0.25) is 0 Å². The van der Waals surface area contributed by atoms with Crippen LogP contribution in [0.4, 0.5) is 0 Å². The molecule has 0 saturated carbocycles. The molecule has 0 atom stereocenters. The van der Waals surface area contributed by atoms with Crippen molar-refractivity contribution >= 4 is 37.0 Å². The van der Waals surface area contributed by atoms with Crippen LogP contribution in [0.3, 0.4) is 0 Å². The zero-order valence-electron chi connectivity index (χ0n) is 7.69. The van der Waals surface area contributed by atoms with E-state index in [0.717, 1.165) is 0 Å². The monoisotopic (exact) mass is 226 g/mol. The minimum Gasteiger partial charge on any atom is -0.425 e. The third kappa shape index (κ3) is 7.23. The summed E-state index contributed by atoms with van der Waals surface area (Å²) < 4.78 is 11.1. The van der Waals surface area contributed by atoms with E-state index in [1.165, 1.54) is 0 Å². The molecule has 0 N–H and O–H groups in total. The molecule has 0 aromatic heterocycles. The molecule has 0 bridgehead atoms. The smallest absolute Gasteiger partial charge is 0.419 e. The van der Waals surface area contributed by atoms with Gasteiger partial charge in [0.05, 0.1) is 0 Å². The van der Waals surface area contributed by atoms with Gasteiger partial charge in [-0.1, -0.05) is 0 Å². The van der Waals surface area contributed by atoms with Crippen molar-refractivity contribution in [3.05, 3.63) is 0 Å². The van der Waals surface area contributed by atoms with Crippen molar-refractivity contribution in [3.8, 4) is 0 Å². The van der Waals surface area contributed by atoms with Crippen LogP contribution in [0.5, 0.6) is 0 Å². The highest BCUT2D eigenvalue weighted by Gasteiger charge is 2.31. The first-order valence-corrected chi connectivity index (χ1v) is 11.7. The Morgan fingerprint density at radius 1 is 1.00 bits per heavy atom. The van der Waals surface area contributed by atoms with Gasteiger partial charge in [0.25, 0.3) is 0 Å². The van der Waals surface area contributed by atoms with Gasteiger partial charge in [-0.25, -0.2) is 0 Å². The van der Waals surface area contributed by atoms with Crippen LogP contribution in [-0.4, -0.2) is 26.0 Å². The summed E-state index contributed by atoms with van der Waals surface area (Å²) in [4.78, 5) is 0. The topological polar surface area (TPSA) is 18.5 Å². The SMILES string of the molecule is C[Si](C)O[Si](C)(Cl)O[Si](C)C. The molecule has 0 aromatic carbocycles. The zero-order valence-corrected chi connectivity index (χ0v) is 11.5. The Balaban J connectivity index is 3.79. The molecule has 0 saturated heterocycles. The van der Waals surface area contributed by atoms with Crippen LogP contribution >= 0.6 is 11.1 Å². The molecular formula is C5H15ClO2Si3. The summed E-state index contributed by atoms with van der Waals surface area (Å²) in [5.74, 6) is 0. The van der Waals surface area contributed by atoms with Crippen molar-refractivity contribution in [3.63, 3.8) is 0 Å². The second kappa shape index (κ2) is 4.78. The van der Waals surface area contributed by atoms with Gasteiger partial charge in [0.15, 0.2) is 18.1 Å². The zero-order chi connectivity index (χ0) is 9.07. The van der Waals surface area contributed by atoms with E-state index in [1.807, 2.05) is 6.55 Å². The highest BCUT2D eigenvalue weighted by molar-refractivity contribution is 7.15. The molecule has 0 aliphatic heterocycles. The van der Waals surface area contributed by atoms with Crippen LogP contribution in [0.25, 0.3) is 0 Å². The lowest BCUT2D eigenvalue weighted by Gasteiger charge is -2.23. The fourth-order valence-electron chi connectivity index (χ4n) is 0.750. The Kier molecular flexibility index (Phi) is 5.16. The second-order valence-electron chi connectivity index (χ2n) is 2.86. The molecule has 2 nitrogen and oxygen atoms in total. The largest absolute Gasteiger partial charge is 0.425 e. The standard InChI is InChI=1S/C5H15ClO2Si3/c1-9(2)7-11(5,6)8-10(3)4/h1-5H3. The molecule has 6 heteroatoms. The maximum absolute atomic E-state index is 6.07. The highest BCUT2D eigenvalue weighted by atomic mass is 35.6. The fraction of sp³-hybridized carbons (Fsp3) is 1.00. The second-order valence-corrected chi connectivity index (χ2v) is 11.9. The molecule has 0 amide bonds. The molecule has 0 heterocycles. The molecule has 0 rings (SSSR count). The van der Waals surface area contributed by atoms with Crippen molar-refractivity contribution in [2.45, 2.75) is 32.7 Å². The molecule has 0 fully saturated rings. The first kappa shape index (κ1) is 11.9. The lowest BCUT2D eigenvalue weighted by Crippen LogP contribution is -2.40. The molecular weight excluding hydrogens is 212 g/mol. The van der Waals surface area contributed by atoms with Crippen molar-refractivity contribution in [2.24, 2.45) is 0 Å². The summed E-state index contributed by atoms with van der Waals surface area (Å²) in [7, 11) is -3.70. The van der Waals surface area contributed by atoms with Gasteiger partial charge in [0.1, 0.15) is 0 Å². The predicted molar refractivity (Wildman–Crippen MR) is 54.6 cm³/mol. The van der Waals surface area contributed by atoms with Crippen LogP contribution in [0.2, 0.25) is 32.7 Å². The van der Waals surface area contributed by atoms with Crippen molar-refractivity contribution < 1.29 is 8.23 Å². The van der Waals surface area contributed by atoms with Gasteiger partial charge in [0, 0.05) is 0 Å². The van der Waals surface area contributed by atoms with E-state index in [4.69, 9.17) is 19.3 Å². The average Bonchev–Trinajstić information content (AvgIpc) is 1.53. The van der Waals surface area contributed by atoms with Crippen molar-refractivity contribution in [1.82, 2.24) is 0 Å². The summed E-state index contributed by atoms with van der Waals surface area (Å²) in [6.45, 7) is 10.2. The third-order valence-electron chi connectivity index (χ3n) is 0.773. The summed E-state index contributed by atoms with van der Waals surface area (Å²) in [6, 6.07) is 0. The first-order chi connectivity index (χ1) is 4.83. The lowest BCUT2D eigenvalue weighted by atomic mass is 11.9. The van der Waals surface area contributed by atoms with Gasteiger partial charge in [-0.2, -0.15) is 0 Å². The maximum atomic E-state index is 6.07. The van der Waals surface area contributed by atoms with E-state index in [2.05, 4.69) is 26.2 Å². The molecule has 0 unspecified atom stereocenters. The Bertz CT molecular complexity index is 106. The summed E-state index contributed by atoms with van der Waals surface area (Å²) in [5, 5.41) is 0. The van der Waals surface area contributed by atoms with Gasteiger partial charge >= 0.3 is 7.87 Å². The lowest BCUT2D eigenvalue weighted by molar-refractivity contribution is 0.435. The molecule has 0 aromatic rings. The predicted octanol–water partition coefficient (Wildman–Crippen LogP) is 2.33.